The molecule has 1 aliphatic rings. The van der Waals surface area contributed by atoms with Gasteiger partial charge in [-0.3, -0.25) is 9.52 Å². The Morgan fingerprint density at radius 2 is 1.70 bits per heavy atom. The van der Waals surface area contributed by atoms with E-state index in [4.69, 9.17) is 11.6 Å². The van der Waals surface area contributed by atoms with Crippen LogP contribution in [0.4, 0.5) is 5.69 Å². The van der Waals surface area contributed by atoms with E-state index in [0.29, 0.717) is 17.3 Å². The molecule has 7 heteroatoms. The van der Waals surface area contributed by atoms with Crippen LogP contribution in [-0.4, -0.2) is 20.9 Å². The third-order valence-electron chi connectivity index (χ3n) is 4.81. The summed E-state index contributed by atoms with van der Waals surface area (Å²) in [5.74, 6) is 0.0606. The average molecular weight is 407 g/mol. The van der Waals surface area contributed by atoms with Crippen molar-refractivity contribution in [3.05, 3.63) is 59.1 Å². The number of hydrogen-bond donors (Lipinski definition) is 2. The summed E-state index contributed by atoms with van der Waals surface area (Å²) in [6, 6.07) is 13.0. The van der Waals surface area contributed by atoms with Gasteiger partial charge in [-0.15, -0.1) is 0 Å². The molecule has 0 heterocycles. The number of benzene rings is 2. The second-order valence-corrected chi connectivity index (χ2v) is 8.95. The maximum Gasteiger partial charge on any atom is 0.261 e. The van der Waals surface area contributed by atoms with Crippen LogP contribution in [0.2, 0.25) is 5.02 Å². The van der Waals surface area contributed by atoms with Crippen molar-refractivity contribution in [1.82, 2.24) is 5.32 Å². The smallest absolute Gasteiger partial charge is 0.261 e. The Hall–Kier alpha value is -2.05. The molecular weight excluding hydrogens is 384 g/mol. The molecule has 0 spiro atoms. The molecule has 0 unspecified atom stereocenters. The van der Waals surface area contributed by atoms with Crippen molar-refractivity contribution < 1.29 is 13.2 Å². The van der Waals surface area contributed by atoms with Gasteiger partial charge in [0.15, 0.2) is 0 Å². The number of amides is 1. The number of anilines is 1. The lowest BCUT2D eigenvalue weighted by Crippen LogP contribution is -2.35. The van der Waals surface area contributed by atoms with E-state index in [1.165, 1.54) is 24.3 Å². The van der Waals surface area contributed by atoms with E-state index in [9.17, 15) is 13.2 Å². The molecule has 1 fully saturated rings. The van der Waals surface area contributed by atoms with Crippen LogP contribution in [0.1, 0.15) is 38.2 Å². The molecule has 0 atom stereocenters. The number of rotatable bonds is 8. The van der Waals surface area contributed by atoms with Crippen LogP contribution in [0.25, 0.3) is 0 Å². The van der Waals surface area contributed by atoms with Crippen LogP contribution in [0.15, 0.2) is 53.4 Å². The van der Waals surface area contributed by atoms with Gasteiger partial charge in [-0.2, -0.15) is 0 Å². The van der Waals surface area contributed by atoms with Crippen molar-refractivity contribution in [2.45, 2.75) is 42.9 Å². The van der Waals surface area contributed by atoms with Crippen molar-refractivity contribution >= 4 is 33.2 Å². The SMILES string of the molecule is CCCCNC(=O)C1(c2ccc(NS(=O)(=O)c3ccc(Cl)cc3)cc2)CC1. The van der Waals surface area contributed by atoms with Crippen LogP contribution >= 0.6 is 11.6 Å². The fraction of sp³-hybridized carbons (Fsp3) is 0.350. The molecule has 2 aromatic rings. The molecule has 0 bridgehead atoms. The molecule has 0 aromatic heterocycles. The summed E-state index contributed by atoms with van der Waals surface area (Å²) in [7, 11) is -3.68. The quantitative estimate of drug-likeness (QED) is 0.648. The van der Waals surface area contributed by atoms with Crippen molar-refractivity contribution in [2.24, 2.45) is 0 Å². The molecule has 0 saturated heterocycles. The first-order valence-corrected chi connectivity index (χ1v) is 10.9. The lowest BCUT2D eigenvalue weighted by Gasteiger charge is -2.16. The molecule has 2 aromatic carbocycles. The molecule has 2 N–H and O–H groups in total. The zero-order chi connectivity index (χ0) is 19.5. The highest BCUT2D eigenvalue weighted by Crippen LogP contribution is 2.48. The summed E-state index contributed by atoms with van der Waals surface area (Å²) >= 11 is 5.81. The van der Waals surface area contributed by atoms with Crippen molar-refractivity contribution in [2.75, 3.05) is 11.3 Å². The minimum Gasteiger partial charge on any atom is -0.355 e. The molecular formula is C20H23ClN2O3S. The monoisotopic (exact) mass is 406 g/mol. The predicted octanol–water partition coefficient (Wildman–Crippen LogP) is 4.09. The lowest BCUT2D eigenvalue weighted by molar-refractivity contribution is -0.123. The van der Waals surface area contributed by atoms with Gasteiger partial charge in [0.25, 0.3) is 10.0 Å². The summed E-state index contributed by atoms with van der Waals surface area (Å²) in [5, 5.41) is 3.48. The van der Waals surface area contributed by atoms with E-state index >= 15 is 0 Å². The molecule has 144 valence electrons. The molecule has 3 rings (SSSR count). The van der Waals surface area contributed by atoms with E-state index in [1.807, 2.05) is 12.1 Å². The van der Waals surface area contributed by atoms with E-state index in [1.54, 1.807) is 12.1 Å². The van der Waals surface area contributed by atoms with Gasteiger partial charge in [-0.1, -0.05) is 37.1 Å². The van der Waals surface area contributed by atoms with E-state index in [-0.39, 0.29) is 10.8 Å². The highest BCUT2D eigenvalue weighted by Gasteiger charge is 2.50. The molecule has 0 radical (unpaired) electrons. The second-order valence-electron chi connectivity index (χ2n) is 6.83. The predicted molar refractivity (Wildman–Crippen MR) is 108 cm³/mol. The van der Waals surface area contributed by atoms with Gasteiger partial charge in [-0.25, -0.2) is 8.42 Å². The Balaban J connectivity index is 1.70. The number of unbranched alkanes of at least 4 members (excludes halogenated alkanes) is 1. The number of nitrogens with one attached hydrogen (secondary N) is 2. The molecule has 27 heavy (non-hydrogen) atoms. The molecule has 0 aliphatic heterocycles. The average Bonchev–Trinajstić information content (AvgIpc) is 3.44. The fourth-order valence-electron chi connectivity index (χ4n) is 3.00. The first-order valence-electron chi connectivity index (χ1n) is 9.05. The highest BCUT2D eigenvalue weighted by molar-refractivity contribution is 7.92. The van der Waals surface area contributed by atoms with Crippen LogP contribution in [0.5, 0.6) is 0 Å². The Labute approximate surface area is 165 Å². The van der Waals surface area contributed by atoms with Gasteiger partial charge in [0.1, 0.15) is 0 Å². The highest BCUT2D eigenvalue weighted by atomic mass is 35.5. The first-order chi connectivity index (χ1) is 12.9. The van der Waals surface area contributed by atoms with Crippen molar-refractivity contribution in [3.63, 3.8) is 0 Å². The van der Waals surface area contributed by atoms with Crippen LogP contribution in [0.3, 0.4) is 0 Å². The third-order valence-corrected chi connectivity index (χ3v) is 6.46. The standard InChI is InChI=1S/C20H23ClN2O3S/c1-2-3-14-22-19(24)20(12-13-20)15-4-8-17(9-5-15)23-27(25,26)18-10-6-16(21)7-11-18/h4-11,23H,2-3,12-14H2,1H3,(H,22,24). The van der Waals surface area contributed by atoms with E-state index < -0.39 is 15.4 Å². The summed E-state index contributed by atoms with van der Waals surface area (Å²) in [4.78, 5) is 12.6. The van der Waals surface area contributed by atoms with E-state index in [0.717, 1.165) is 31.2 Å². The van der Waals surface area contributed by atoms with Crippen LogP contribution in [0, 0.1) is 0 Å². The van der Waals surface area contributed by atoms with Gasteiger partial charge in [0.05, 0.1) is 10.3 Å². The van der Waals surface area contributed by atoms with Crippen LogP contribution in [-0.2, 0) is 20.2 Å². The summed E-state index contributed by atoms with van der Waals surface area (Å²) in [6.07, 6.45) is 3.64. The summed E-state index contributed by atoms with van der Waals surface area (Å²) in [5.41, 5.74) is 0.920. The lowest BCUT2D eigenvalue weighted by atomic mass is 9.94. The van der Waals surface area contributed by atoms with Gasteiger partial charge in [-0.05, 0) is 61.2 Å². The number of sulfonamides is 1. The minimum absolute atomic E-state index is 0.0606. The topological polar surface area (TPSA) is 75.3 Å². The molecule has 5 nitrogen and oxygen atoms in total. The normalized spacial score (nSPS) is 15.2. The Kier molecular flexibility index (Phi) is 5.77. The zero-order valence-electron chi connectivity index (χ0n) is 15.2. The maximum absolute atomic E-state index is 12.5. The second kappa shape index (κ2) is 7.90. The van der Waals surface area contributed by atoms with Crippen molar-refractivity contribution in [3.8, 4) is 0 Å². The molecule has 1 aliphatic carbocycles. The third kappa shape index (κ3) is 4.45. The van der Waals surface area contributed by atoms with Gasteiger partial charge < -0.3 is 5.32 Å². The molecule has 1 saturated carbocycles. The Morgan fingerprint density at radius 1 is 1.07 bits per heavy atom. The van der Waals surface area contributed by atoms with Crippen molar-refractivity contribution in [1.29, 1.82) is 0 Å². The molecule has 1 amide bonds. The summed E-state index contributed by atoms with van der Waals surface area (Å²) < 4.78 is 27.4. The fourth-order valence-corrected chi connectivity index (χ4v) is 4.19. The van der Waals surface area contributed by atoms with Gasteiger partial charge in [0.2, 0.25) is 5.91 Å². The van der Waals surface area contributed by atoms with E-state index in [2.05, 4.69) is 17.0 Å². The minimum atomic E-state index is -3.68. The van der Waals surface area contributed by atoms with Gasteiger partial charge >= 0.3 is 0 Å². The first kappa shape index (κ1) is 19.7. The number of carbonyl (C=O) groups excluding carboxylic acids is 1. The zero-order valence-corrected chi connectivity index (χ0v) is 16.7. The number of carbonyl (C=O) groups is 1. The summed E-state index contributed by atoms with van der Waals surface area (Å²) in [6.45, 7) is 2.78. The number of halogens is 1. The number of hydrogen-bond acceptors (Lipinski definition) is 3. The Morgan fingerprint density at radius 3 is 2.26 bits per heavy atom. The Bertz CT molecular complexity index is 905. The van der Waals surface area contributed by atoms with Gasteiger partial charge in [0, 0.05) is 17.3 Å². The van der Waals surface area contributed by atoms with Crippen LogP contribution < -0.4 is 10.0 Å². The largest absolute Gasteiger partial charge is 0.355 e. The maximum atomic E-state index is 12.5.